The number of benzene rings is 20. The lowest BCUT2D eigenvalue weighted by Gasteiger charge is -2.26. The third-order valence-electron chi connectivity index (χ3n) is 23.9. The van der Waals surface area contributed by atoms with Crippen LogP contribution in [-0.4, -0.2) is 24.1 Å². The molecule has 604 valence electrons. The molecule has 7 heteroatoms. The van der Waals surface area contributed by atoms with Crippen LogP contribution < -0.4 is 9.80 Å². The van der Waals surface area contributed by atoms with E-state index in [1.807, 2.05) is 36.4 Å². The van der Waals surface area contributed by atoms with Gasteiger partial charge in [0.1, 0.15) is 5.82 Å². The Morgan fingerprint density at radius 3 is 0.906 bits per heavy atom. The Labute approximate surface area is 745 Å². The van der Waals surface area contributed by atoms with Gasteiger partial charge in [-0.3, -0.25) is 4.57 Å². The lowest BCUT2D eigenvalue weighted by Crippen LogP contribution is -2.10. The van der Waals surface area contributed by atoms with Crippen LogP contribution in [0.15, 0.2) is 516 Å². The molecule has 0 fully saturated rings. The summed E-state index contributed by atoms with van der Waals surface area (Å²) in [6, 6.07) is 182. The van der Waals surface area contributed by atoms with Crippen LogP contribution in [0.25, 0.3) is 167 Å². The molecule has 0 aliphatic rings. The second-order valence-electron chi connectivity index (χ2n) is 31.8. The lowest BCUT2D eigenvalue weighted by molar-refractivity contribution is 1.13. The smallest absolute Gasteiger partial charge is 0.160 e. The summed E-state index contributed by atoms with van der Waals surface area (Å²) in [5.41, 5.74) is 31.5. The largest absolute Gasteiger partial charge is 0.311 e. The van der Waals surface area contributed by atoms with E-state index < -0.39 is 0 Å². The Morgan fingerprint density at radius 1 is 0.172 bits per heavy atom. The van der Waals surface area contributed by atoms with Crippen molar-refractivity contribution in [2.45, 2.75) is 0 Å². The summed E-state index contributed by atoms with van der Waals surface area (Å²) >= 11 is 0. The molecule has 0 radical (unpaired) electrons. The van der Waals surface area contributed by atoms with Crippen molar-refractivity contribution in [2.75, 3.05) is 9.80 Å². The van der Waals surface area contributed by atoms with Crippen molar-refractivity contribution in [3.63, 3.8) is 0 Å². The summed E-state index contributed by atoms with van der Waals surface area (Å²) in [6.45, 7) is 0. The number of para-hydroxylation sites is 6. The highest BCUT2D eigenvalue weighted by molar-refractivity contribution is 6.19. The van der Waals surface area contributed by atoms with Crippen molar-refractivity contribution in [1.82, 2.24) is 24.1 Å². The van der Waals surface area contributed by atoms with E-state index in [-0.39, 0.29) is 0 Å². The van der Waals surface area contributed by atoms with E-state index in [0.717, 1.165) is 107 Å². The molecule has 0 atom stereocenters. The number of fused-ring (bicyclic) bond motifs is 6. The molecule has 3 heterocycles. The molecule has 0 spiro atoms. The number of hydrogen-bond donors (Lipinski definition) is 0. The Bertz CT molecular complexity index is 7480. The molecular weight excluding hydrogens is 1550 g/mol. The highest BCUT2D eigenvalue weighted by atomic mass is 15.1. The molecule has 0 unspecified atom stereocenters. The molecular formula is C121H85N7. The molecule has 0 aliphatic heterocycles. The first-order valence-electron chi connectivity index (χ1n) is 43.5. The highest BCUT2D eigenvalue weighted by Gasteiger charge is 2.24. The van der Waals surface area contributed by atoms with Gasteiger partial charge in [0.15, 0.2) is 5.82 Å². The summed E-state index contributed by atoms with van der Waals surface area (Å²) < 4.78 is 4.70. The minimum absolute atomic E-state index is 0.720. The predicted octanol–water partition coefficient (Wildman–Crippen LogP) is 32.5. The molecule has 128 heavy (non-hydrogen) atoms. The molecule has 0 saturated carbocycles. The highest BCUT2D eigenvalue weighted by Crippen LogP contribution is 2.46. The van der Waals surface area contributed by atoms with Crippen LogP contribution in [-0.2, 0) is 0 Å². The number of anilines is 6. The average Bonchev–Trinajstić information content (AvgIpc) is 1.42. The standard InChI is InChI=1S/C48H36N2.C40H27N3.C33H22N2/c1-5-13-37(14-6-1)39-21-29-46(30-22-39)50(47-31-23-40(24-32-47)38-15-7-2-8-16-38)48-35-27-42(28-36-48)41-25-33-45(34-26-41)49(43-17-9-3-10-18-43)44-19-11-4-12-20-44;1-3-12-29(13-4-1)36-27-37(42-40(41-36)30-14-5-2-6-15-30)32-17-11-16-31(26-32)28-22-24-33(25-23-28)43-38-20-9-7-18-34(38)35-19-8-10-21-39(35)43;1-3-13-23(14-4-1)31-25-17-7-9-19-27(25)32(28-20-10-8-18-26(28)31)35-30-22-12-11-21-29(30)34-33(35)24-15-5-2-6-16-24/h1-36H;1-27H;1-22H. The van der Waals surface area contributed by atoms with Gasteiger partial charge in [-0.05, 0) is 188 Å². The van der Waals surface area contributed by atoms with Gasteiger partial charge in [0.2, 0.25) is 0 Å². The van der Waals surface area contributed by atoms with Crippen LogP contribution in [0.2, 0.25) is 0 Å². The summed E-state index contributed by atoms with van der Waals surface area (Å²) in [5, 5.41) is 7.44. The molecule has 20 aromatic carbocycles. The van der Waals surface area contributed by atoms with Gasteiger partial charge < -0.3 is 14.4 Å². The van der Waals surface area contributed by atoms with E-state index in [1.54, 1.807) is 0 Å². The number of hydrogen-bond acceptors (Lipinski definition) is 5. The van der Waals surface area contributed by atoms with Crippen molar-refractivity contribution < 1.29 is 0 Å². The molecule has 23 aromatic rings. The van der Waals surface area contributed by atoms with E-state index in [4.69, 9.17) is 15.0 Å². The minimum atomic E-state index is 0.720. The Morgan fingerprint density at radius 2 is 0.469 bits per heavy atom. The topological polar surface area (TPSA) is 55.0 Å². The van der Waals surface area contributed by atoms with Crippen LogP contribution in [0, 0.1) is 0 Å². The van der Waals surface area contributed by atoms with Gasteiger partial charge in [-0.1, -0.05) is 394 Å². The SMILES string of the molecule is c1ccc(-c2c3ccccc3c(-n3c(-c4ccccc4)nc4ccccc43)c3ccccc23)cc1.c1ccc(-c2cc(-c3cccc(-c4ccc(-n5c6ccccc6c6ccccc65)cc4)c3)nc(-c3ccccc3)n2)cc1.c1ccc(-c2ccc(N(c3ccc(-c4ccccc4)cc3)c3ccc(-c4ccc(N(c5ccccc5)c5ccccc5)cc4)cc3)cc2)cc1. The maximum Gasteiger partial charge on any atom is 0.160 e. The fraction of sp³-hybridized carbons (Fsp3) is 0. The van der Waals surface area contributed by atoms with Crippen LogP contribution >= 0.6 is 0 Å². The van der Waals surface area contributed by atoms with Crippen molar-refractivity contribution >= 4 is 88.5 Å². The van der Waals surface area contributed by atoms with E-state index >= 15 is 0 Å². The van der Waals surface area contributed by atoms with Crippen molar-refractivity contribution in [2.24, 2.45) is 0 Å². The van der Waals surface area contributed by atoms with Crippen molar-refractivity contribution in [3.05, 3.63) is 516 Å². The molecule has 0 aliphatic carbocycles. The first-order valence-corrected chi connectivity index (χ1v) is 43.5. The van der Waals surface area contributed by atoms with Crippen LogP contribution in [0.3, 0.4) is 0 Å². The zero-order valence-electron chi connectivity index (χ0n) is 70.2. The minimum Gasteiger partial charge on any atom is -0.311 e. The Balaban J connectivity index is 0.000000118. The normalized spacial score (nSPS) is 11.1. The summed E-state index contributed by atoms with van der Waals surface area (Å²) in [5.74, 6) is 1.67. The lowest BCUT2D eigenvalue weighted by atomic mass is 9.90. The molecule has 0 N–H and O–H groups in total. The third kappa shape index (κ3) is 15.9. The summed E-state index contributed by atoms with van der Waals surface area (Å²) in [6.07, 6.45) is 0. The fourth-order valence-electron chi connectivity index (χ4n) is 17.7. The summed E-state index contributed by atoms with van der Waals surface area (Å²) in [7, 11) is 0. The van der Waals surface area contributed by atoms with Gasteiger partial charge in [-0.25, -0.2) is 15.0 Å². The van der Waals surface area contributed by atoms with E-state index in [9.17, 15) is 0 Å². The summed E-state index contributed by atoms with van der Waals surface area (Å²) in [4.78, 5) is 19.7. The zero-order valence-corrected chi connectivity index (χ0v) is 70.2. The molecule has 0 amide bonds. The number of imidazole rings is 1. The molecule has 0 bridgehead atoms. The molecule has 23 rings (SSSR count). The van der Waals surface area contributed by atoms with E-state index in [0.29, 0.717) is 0 Å². The Hall–Kier alpha value is -17.1. The van der Waals surface area contributed by atoms with Gasteiger partial charge in [-0.15, -0.1) is 0 Å². The number of rotatable bonds is 17. The molecule has 7 nitrogen and oxygen atoms in total. The number of nitrogens with zero attached hydrogens (tertiary/aromatic N) is 7. The van der Waals surface area contributed by atoms with Gasteiger partial charge in [0, 0.05) is 83.6 Å². The molecule has 0 saturated heterocycles. The zero-order chi connectivity index (χ0) is 85.3. The monoisotopic (exact) mass is 1640 g/mol. The quantitative estimate of drug-likeness (QED) is 0.0851. The number of aromatic nitrogens is 5. The fourth-order valence-corrected chi connectivity index (χ4v) is 17.7. The van der Waals surface area contributed by atoms with Crippen LogP contribution in [0.1, 0.15) is 0 Å². The van der Waals surface area contributed by atoms with Crippen LogP contribution in [0.4, 0.5) is 34.1 Å². The van der Waals surface area contributed by atoms with Gasteiger partial charge in [-0.2, -0.15) is 0 Å². The predicted molar refractivity (Wildman–Crippen MR) is 537 cm³/mol. The van der Waals surface area contributed by atoms with Gasteiger partial charge in [0.25, 0.3) is 0 Å². The van der Waals surface area contributed by atoms with Crippen molar-refractivity contribution in [1.29, 1.82) is 0 Å². The molecule has 3 aromatic heterocycles. The maximum atomic E-state index is 5.12. The van der Waals surface area contributed by atoms with Gasteiger partial charge >= 0.3 is 0 Å². The van der Waals surface area contributed by atoms with E-state index in [2.05, 4.69) is 498 Å². The van der Waals surface area contributed by atoms with Crippen molar-refractivity contribution in [3.8, 4) is 112 Å². The second-order valence-corrected chi connectivity index (χ2v) is 31.8. The Kier molecular flexibility index (Phi) is 21.8. The van der Waals surface area contributed by atoms with E-state index in [1.165, 1.54) is 93.5 Å². The van der Waals surface area contributed by atoms with Gasteiger partial charge in [0.05, 0.1) is 39.1 Å². The first kappa shape index (κ1) is 78.1. The maximum absolute atomic E-state index is 5.12. The second kappa shape index (κ2) is 35.7. The first-order chi connectivity index (χ1) is 63.5. The van der Waals surface area contributed by atoms with Crippen LogP contribution in [0.5, 0.6) is 0 Å². The average molecular weight is 1640 g/mol. The third-order valence-corrected chi connectivity index (χ3v) is 23.9.